The molecule has 2 aliphatic heterocycles. The molecule has 2 fully saturated rings. The zero-order chi connectivity index (χ0) is 19.0. The number of rotatable bonds is 4. The van der Waals surface area contributed by atoms with E-state index < -0.39 is 11.7 Å². The number of halogens is 4. The highest BCUT2D eigenvalue weighted by molar-refractivity contribution is 8.01. The van der Waals surface area contributed by atoms with Gasteiger partial charge < -0.3 is 15.7 Å². The highest BCUT2D eigenvalue weighted by Crippen LogP contribution is 2.31. The first-order chi connectivity index (χ1) is 12.4. The average Bonchev–Trinajstić information content (AvgIpc) is 3.06. The first kappa shape index (κ1) is 26.8. The average molecular weight is 443 g/mol. The number of carbonyl (C=O) groups is 1. The molecule has 2 aliphatic rings. The van der Waals surface area contributed by atoms with Crippen LogP contribution in [0.5, 0.6) is 0 Å². The summed E-state index contributed by atoms with van der Waals surface area (Å²) in [6.07, 6.45) is -0.700. The lowest BCUT2D eigenvalue weighted by Crippen LogP contribution is -2.40. The number of anilines is 1. The van der Waals surface area contributed by atoms with Crippen molar-refractivity contribution in [2.75, 3.05) is 36.8 Å². The highest BCUT2D eigenvalue weighted by atomic mass is 35.5. The van der Waals surface area contributed by atoms with Crippen LogP contribution in [0.25, 0.3) is 0 Å². The molecule has 1 aromatic rings. The zero-order valence-electron chi connectivity index (χ0n) is 15.8. The number of nitrogens with zero attached hydrogens (tertiary/aromatic N) is 2. The third-order valence-electron chi connectivity index (χ3n) is 4.15. The van der Waals surface area contributed by atoms with Gasteiger partial charge in [-0.2, -0.15) is 13.2 Å². The molecule has 1 radical (unpaired) electrons. The highest BCUT2D eigenvalue weighted by Gasteiger charge is 2.30. The third kappa shape index (κ3) is 8.89. The summed E-state index contributed by atoms with van der Waals surface area (Å²) in [5.74, 6) is 0.861. The standard InChI is InChI=1S/C11H12F3N2.C7H13NOS.ClH.H2O/c12-11(13,14)9-2-1-3-10(8-9)16-6-4-15-5-7-16;1-2-3-4-7-8-6(9)5-10-7;;/h1-3,8H,4-7H2;7H,2-5H2,1H3,(H,8,9);1H;1H2. The SMILES string of the molecule is CCCCC1NC(=O)CS1.Cl.FC(F)(F)c1cccc(N2CC[N]CC2)c1.O. The van der Waals surface area contributed by atoms with Gasteiger partial charge in [-0.3, -0.25) is 4.79 Å². The summed E-state index contributed by atoms with van der Waals surface area (Å²) in [6.45, 7) is 4.94. The second-order valence-corrected chi connectivity index (χ2v) is 7.41. The van der Waals surface area contributed by atoms with Crippen molar-refractivity contribution in [2.24, 2.45) is 0 Å². The number of thioether (sulfide) groups is 1. The van der Waals surface area contributed by atoms with E-state index in [-0.39, 0.29) is 23.8 Å². The van der Waals surface area contributed by atoms with E-state index in [1.54, 1.807) is 17.8 Å². The van der Waals surface area contributed by atoms with Crippen molar-refractivity contribution in [3.63, 3.8) is 0 Å². The fourth-order valence-corrected chi connectivity index (χ4v) is 3.71. The molecule has 0 aromatic heterocycles. The lowest BCUT2D eigenvalue weighted by molar-refractivity contribution is -0.137. The zero-order valence-corrected chi connectivity index (χ0v) is 17.4. The van der Waals surface area contributed by atoms with Crippen LogP contribution in [0.2, 0.25) is 0 Å². The fraction of sp³-hybridized carbons (Fsp3) is 0.611. The number of unbranched alkanes of at least 4 members (excludes halogenated alkanes) is 1. The maximum Gasteiger partial charge on any atom is 0.416 e. The van der Waals surface area contributed by atoms with Crippen LogP contribution in [0.15, 0.2) is 24.3 Å². The largest absolute Gasteiger partial charge is 0.416 e. The van der Waals surface area contributed by atoms with Crippen molar-refractivity contribution in [1.29, 1.82) is 0 Å². The van der Waals surface area contributed by atoms with Crippen molar-refractivity contribution in [3.05, 3.63) is 29.8 Å². The van der Waals surface area contributed by atoms with E-state index in [4.69, 9.17) is 0 Å². The van der Waals surface area contributed by atoms with Crippen LogP contribution in [0.4, 0.5) is 18.9 Å². The minimum atomic E-state index is -4.27. The van der Waals surface area contributed by atoms with Gasteiger partial charge >= 0.3 is 6.18 Å². The molecule has 1 amide bonds. The quantitative estimate of drug-likeness (QED) is 0.778. The molecule has 2 saturated heterocycles. The Balaban J connectivity index is 0.000000532. The lowest BCUT2D eigenvalue weighted by Gasteiger charge is -2.29. The minimum absolute atomic E-state index is 0. The Hall–Kier alpha value is -1.16. The number of carbonyl (C=O) groups excluding carboxylic acids is 1. The maximum absolute atomic E-state index is 12.5. The van der Waals surface area contributed by atoms with Gasteiger partial charge in [0.1, 0.15) is 0 Å². The van der Waals surface area contributed by atoms with Gasteiger partial charge in [0.15, 0.2) is 0 Å². The fourth-order valence-electron chi connectivity index (χ4n) is 2.73. The first-order valence-electron chi connectivity index (χ1n) is 8.86. The molecule has 0 aliphatic carbocycles. The molecular weight excluding hydrogens is 415 g/mol. The summed E-state index contributed by atoms with van der Waals surface area (Å²) in [5.41, 5.74) is 0.0391. The third-order valence-corrected chi connectivity index (χ3v) is 5.34. The van der Waals surface area contributed by atoms with Crippen LogP contribution < -0.4 is 15.5 Å². The van der Waals surface area contributed by atoms with Crippen molar-refractivity contribution < 1.29 is 23.4 Å². The number of benzene rings is 1. The van der Waals surface area contributed by atoms with Gasteiger partial charge in [-0.25, -0.2) is 5.32 Å². The molecule has 10 heteroatoms. The normalized spacial score (nSPS) is 18.9. The van der Waals surface area contributed by atoms with Gasteiger partial charge in [0.05, 0.1) is 16.7 Å². The molecule has 0 bridgehead atoms. The molecule has 0 spiro atoms. The minimum Gasteiger partial charge on any atom is -0.412 e. The van der Waals surface area contributed by atoms with Crippen molar-refractivity contribution in [1.82, 2.24) is 10.6 Å². The Morgan fingerprint density at radius 1 is 1.29 bits per heavy atom. The summed E-state index contributed by atoms with van der Waals surface area (Å²) in [4.78, 5) is 12.6. The molecule has 28 heavy (non-hydrogen) atoms. The predicted octanol–water partition coefficient (Wildman–Crippen LogP) is 3.09. The Labute approximate surface area is 174 Å². The van der Waals surface area contributed by atoms with E-state index in [2.05, 4.69) is 17.6 Å². The Morgan fingerprint density at radius 2 is 1.96 bits per heavy atom. The second kappa shape index (κ2) is 13.1. The lowest BCUT2D eigenvalue weighted by atomic mass is 10.1. The molecule has 3 N–H and O–H groups in total. The Bertz CT molecular complexity index is 587. The van der Waals surface area contributed by atoms with Gasteiger partial charge in [0.25, 0.3) is 0 Å². The monoisotopic (exact) mass is 442 g/mol. The van der Waals surface area contributed by atoms with Gasteiger partial charge in [0.2, 0.25) is 5.91 Å². The van der Waals surface area contributed by atoms with Gasteiger partial charge in [-0.1, -0.05) is 25.8 Å². The van der Waals surface area contributed by atoms with Crippen LogP contribution in [0.3, 0.4) is 0 Å². The van der Waals surface area contributed by atoms with Crippen LogP contribution in [0, 0.1) is 0 Å². The van der Waals surface area contributed by atoms with Gasteiger partial charge in [-0.05, 0) is 24.6 Å². The van der Waals surface area contributed by atoms with Crippen LogP contribution in [-0.2, 0) is 11.0 Å². The van der Waals surface area contributed by atoms with E-state index in [9.17, 15) is 18.0 Å². The molecule has 1 atom stereocenters. The van der Waals surface area contributed by atoms with Crippen LogP contribution >= 0.6 is 24.2 Å². The van der Waals surface area contributed by atoms with E-state index in [0.717, 1.165) is 12.5 Å². The molecule has 2 heterocycles. The molecule has 161 valence electrons. The smallest absolute Gasteiger partial charge is 0.412 e. The maximum atomic E-state index is 12.5. The summed E-state index contributed by atoms with van der Waals surface area (Å²) in [5, 5.41) is 7.48. The summed E-state index contributed by atoms with van der Waals surface area (Å²) >= 11 is 1.73. The van der Waals surface area contributed by atoms with E-state index in [1.807, 2.05) is 4.90 Å². The van der Waals surface area contributed by atoms with Crippen molar-refractivity contribution >= 4 is 35.8 Å². The number of nitrogens with one attached hydrogen (secondary N) is 1. The predicted molar refractivity (Wildman–Crippen MR) is 110 cm³/mol. The molecule has 0 saturated carbocycles. The molecule has 1 aromatic carbocycles. The van der Waals surface area contributed by atoms with Gasteiger partial charge in [0, 0.05) is 31.9 Å². The van der Waals surface area contributed by atoms with Gasteiger partial charge in [-0.15, -0.1) is 24.2 Å². The van der Waals surface area contributed by atoms with Crippen molar-refractivity contribution in [3.8, 4) is 0 Å². The van der Waals surface area contributed by atoms with E-state index in [0.29, 0.717) is 43.0 Å². The second-order valence-electron chi connectivity index (χ2n) is 6.22. The summed E-state index contributed by atoms with van der Waals surface area (Å²) in [7, 11) is 0. The molecule has 1 unspecified atom stereocenters. The van der Waals surface area contributed by atoms with Crippen LogP contribution in [-0.4, -0.2) is 48.7 Å². The Morgan fingerprint density at radius 3 is 2.50 bits per heavy atom. The number of piperazine rings is 1. The van der Waals surface area contributed by atoms with Crippen LogP contribution in [0.1, 0.15) is 31.7 Å². The molecule has 5 nitrogen and oxygen atoms in total. The summed E-state index contributed by atoms with van der Waals surface area (Å²) < 4.78 is 37.5. The van der Waals surface area contributed by atoms with E-state index in [1.165, 1.54) is 25.0 Å². The number of hydrogen-bond donors (Lipinski definition) is 1. The summed E-state index contributed by atoms with van der Waals surface area (Å²) in [6, 6.07) is 5.45. The topological polar surface area (TPSA) is 77.9 Å². The first-order valence-corrected chi connectivity index (χ1v) is 9.91. The Kier molecular flexibility index (Phi) is 12.6. The van der Waals surface area contributed by atoms with Crippen molar-refractivity contribution in [2.45, 2.75) is 37.7 Å². The molecular formula is C18H28ClF3N3O2S. The molecule has 3 rings (SSSR count). The number of amides is 1. The van der Waals surface area contributed by atoms with E-state index >= 15 is 0 Å². The number of hydrogen-bond acceptors (Lipinski definition) is 3. The number of alkyl halides is 3.